The zero-order chi connectivity index (χ0) is 17.5. The van der Waals surface area contributed by atoms with Gasteiger partial charge >= 0.3 is 0 Å². The number of hydrogen-bond acceptors (Lipinski definition) is 6. The molecule has 1 N–H and O–H groups in total. The first-order valence-electron chi connectivity index (χ1n) is 7.89. The van der Waals surface area contributed by atoms with Gasteiger partial charge in [-0.05, 0) is 48.9 Å². The number of ether oxygens (including phenoxy) is 1. The Morgan fingerprint density at radius 3 is 2.56 bits per heavy atom. The second-order valence-corrected chi connectivity index (χ2v) is 6.55. The van der Waals surface area contributed by atoms with Crippen molar-refractivity contribution in [1.82, 2.24) is 10.2 Å². The van der Waals surface area contributed by atoms with Gasteiger partial charge in [-0.1, -0.05) is 35.5 Å². The molecule has 3 rings (SSSR count). The number of rotatable bonds is 8. The molecule has 0 radical (unpaired) electrons. The second kappa shape index (κ2) is 8.78. The Kier molecular flexibility index (Phi) is 6.19. The molecule has 0 saturated heterocycles. The Morgan fingerprint density at radius 2 is 1.84 bits per heavy atom. The van der Waals surface area contributed by atoms with E-state index < -0.39 is 0 Å². The van der Waals surface area contributed by atoms with Gasteiger partial charge in [0.1, 0.15) is 5.75 Å². The van der Waals surface area contributed by atoms with Gasteiger partial charge < -0.3 is 14.5 Å². The molecule has 0 saturated carbocycles. The third-order valence-corrected chi connectivity index (χ3v) is 4.47. The molecule has 0 atom stereocenters. The lowest BCUT2D eigenvalue weighted by Crippen LogP contribution is -1.99. The lowest BCUT2D eigenvalue weighted by molar-refractivity contribution is 0.340. The van der Waals surface area contributed by atoms with E-state index in [2.05, 4.69) is 15.5 Å². The molecule has 0 aliphatic heterocycles. The second-order valence-electron chi connectivity index (χ2n) is 5.19. The van der Waals surface area contributed by atoms with E-state index in [-0.39, 0.29) is 0 Å². The molecule has 0 amide bonds. The van der Waals surface area contributed by atoms with E-state index >= 15 is 0 Å². The van der Waals surface area contributed by atoms with Crippen LogP contribution in [0.3, 0.4) is 0 Å². The largest absolute Gasteiger partial charge is 0.494 e. The first-order chi connectivity index (χ1) is 12.2. The number of anilines is 1. The molecule has 5 nitrogen and oxygen atoms in total. The molecule has 7 heteroatoms. The van der Waals surface area contributed by atoms with Crippen LogP contribution < -0.4 is 10.1 Å². The van der Waals surface area contributed by atoms with Crippen molar-refractivity contribution in [2.24, 2.45) is 0 Å². The van der Waals surface area contributed by atoms with E-state index in [0.717, 1.165) is 27.8 Å². The topological polar surface area (TPSA) is 60.2 Å². The number of hydrogen-bond donors (Lipinski definition) is 1. The lowest BCUT2D eigenvalue weighted by Gasteiger charge is -2.06. The zero-order valence-corrected chi connectivity index (χ0v) is 15.3. The number of aromatic nitrogens is 2. The standard InChI is InChI=1S/C18H18ClN3O2S/c1-2-23-16-9-7-15(8-10-16)20-11-17-21-22-18(24-17)25-12-13-3-5-14(19)6-4-13/h3-10,20H,2,11-12H2,1H3. The minimum Gasteiger partial charge on any atom is -0.494 e. The SMILES string of the molecule is CCOc1ccc(NCc2nnc(SCc3ccc(Cl)cc3)o2)cc1. The summed E-state index contributed by atoms with van der Waals surface area (Å²) >= 11 is 7.38. The first-order valence-corrected chi connectivity index (χ1v) is 9.25. The minimum absolute atomic E-state index is 0.475. The van der Waals surface area contributed by atoms with Crippen LogP contribution in [0.5, 0.6) is 5.75 Å². The third kappa shape index (κ3) is 5.41. The molecule has 0 fully saturated rings. The zero-order valence-electron chi connectivity index (χ0n) is 13.7. The maximum atomic E-state index is 5.88. The predicted octanol–water partition coefficient (Wildman–Crippen LogP) is 5.03. The van der Waals surface area contributed by atoms with Crippen LogP contribution in [0.15, 0.2) is 58.2 Å². The fourth-order valence-corrected chi connectivity index (χ4v) is 2.97. The van der Waals surface area contributed by atoms with Gasteiger partial charge in [-0.15, -0.1) is 10.2 Å². The molecule has 1 heterocycles. The van der Waals surface area contributed by atoms with E-state index in [0.29, 0.717) is 24.3 Å². The van der Waals surface area contributed by atoms with Crippen molar-refractivity contribution in [2.45, 2.75) is 24.4 Å². The minimum atomic E-state index is 0.475. The van der Waals surface area contributed by atoms with Gasteiger partial charge in [-0.2, -0.15) is 0 Å². The molecule has 3 aromatic rings. The van der Waals surface area contributed by atoms with Crippen LogP contribution in [0.2, 0.25) is 5.02 Å². The fraction of sp³-hybridized carbons (Fsp3) is 0.222. The Labute approximate surface area is 155 Å². The Balaban J connectivity index is 1.48. The van der Waals surface area contributed by atoms with Crippen LogP contribution in [0.1, 0.15) is 18.4 Å². The highest BCUT2D eigenvalue weighted by Crippen LogP contribution is 2.23. The number of halogens is 1. The van der Waals surface area contributed by atoms with Gasteiger partial charge in [0, 0.05) is 16.5 Å². The van der Waals surface area contributed by atoms with Crippen LogP contribution in [-0.2, 0) is 12.3 Å². The molecule has 0 aliphatic rings. The molecule has 1 aromatic heterocycles. The molecule has 2 aromatic carbocycles. The predicted molar refractivity (Wildman–Crippen MR) is 100 cm³/mol. The van der Waals surface area contributed by atoms with Crippen LogP contribution >= 0.6 is 23.4 Å². The quantitative estimate of drug-likeness (QED) is 0.557. The van der Waals surface area contributed by atoms with Crippen molar-refractivity contribution >= 4 is 29.1 Å². The lowest BCUT2D eigenvalue weighted by atomic mass is 10.2. The summed E-state index contributed by atoms with van der Waals surface area (Å²) in [6, 6.07) is 15.5. The van der Waals surface area contributed by atoms with Gasteiger partial charge in [-0.3, -0.25) is 0 Å². The van der Waals surface area contributed by atoms with Crippen molar-refractivity contribution in [2.75, 3.05) is 11.9 Å². The summed E-state index contributed by atoms with van der Waals surface area (Å²) in [5.41, 5.74) is 2.12. The van der Waals surface area contributed by atoms with E-state index in [9.17, 15) is 0 Å². The van der Waals surface area contributed by atoms with Gasteiger partial charge in [0.15, 0.2) is 0 Å². The average Bonchev–Trinajstić information content (AvgIpc) is 3.09. The van der Waals surface area contributed by atoms with Crippen molar-refractivity contribution in [3.8, 4) is 5.75 Å². The van der Waals surface area contributed by atoms with E-state index in [1.165, 1.54) is 11.8 Å². The smallest absolute Gasteiger partial charge is 0.276 e. The number of nitrogens with zero attached hydrogens (tertiary/aromatic N) is 2. The van der Waals surface area contributed by atoms with Crippen LogP contribution in [0.4, 0.5) is 5.69 Å². The third-order valence-electron chi connectivity index (χ3n) is 3.33. The Hall–Kier alpha value is -2.18. The number of thioether (sulfide) groups is 1. The molecule has 0 bridgehead atoms. The highest BCUT2D eigenvalue weighted by Gasteiger charge is 2.07. The molecule has 0 aliphatic carbocycles. The Bertz CT molecular complexity index is 791. The van der Waals surface area contributed by atoms with E-state index in [1.807, 2.05) is 55.5 Å². The summed E-state index contributed by atoms with van der Waals surface area (Å²) in [6.45, 7) is 3.10. The van der Waals surface area contributed by atoms with E-state index in [1.54, 1.807) is 0 Å². The number of nitrogens with one attached hydrogen (secondary N) is 1. The van der Waals surface area contributed by atoms with E-state index in [4.69, 9.17) is 20.8 Å². The van der Waals surface area contributed by atoms with Crippen molar-refractivity contribution in [3.05, 3.63) is 65.0 Å². The van der Waals surface area contributed by atoms with Gasteiger partial charge in [0.05, 0.1) is 13.2 Å². The maximum Gasteiger partial charge on any atom is 0.276 e. The van der Waals surface area contributed by atoms with Crippen molar-refractivity contribution in [3.63, 3.8) is 0 Å². The first kappa shape index (κ1) is 17.6. The highest BCUT2D eigenvalue weighted by atomic mass is 35.5. The van der Waals surface area contributed by atoms with Gasteiger partial charge in [0.25, 0.3) is 5.22 Å². The van der Waals surface area contributed by atoms with Gasteiger partial charge in [0.2, 0.25) is 5.89 Å². The summed E-state index contributed by atoms with van der Waals surface area (Å²) in [4.78, 5) is 0. The summed E-state index contributed by atoms with van der Waals surface area (Å²) in [5, 5.41) is 12.7. The number of benzene rings is 2. The van der Waals surface area contributed by atoms with Gasteiger partial charge in [-0.25, -0.2) is 0 Å². The monoisotopic (exact) mass is 375 g/mol. The molecule has 130 valence electrons. The summed E-state index contributed by atoms with van der Waals surface area (Å²) in [5.74, 6) is 2.16. The summed E-state index contributed by atoms with van der Waals surface area (Å²) in [7, 11) is 0. The molecular weight excluding hydrogens is 358 g/mol. The normalized spacial score (nSPS) is 10.6. The fourth-order valence-electron chi connectivity index (χ4n) is 2.11. The summed E-state index contributed by atoms with van der Waals surface area (Å²) in [6.07, 6.45) is 0. The molecular formula is C18H18ClN3O2S. The highest BCUT2D eigenvalue weighted by molar-refractivity contribution is 7.98. The van der Waals surface area contributed by atoms with Crippen molar-refractivity contribution < 1.29 is 9.15 Å². The van der Waals surface area contributed by atoms with Crippen LogP contribution in [0.25, 0.3) is 0 Å². The Morgan fingerprint density at radius 1 is 1.08 bits per heavy atom. The maximum absolute atomic E-state index is 5.88. The molecule has 0 unspecified atom stereocenters. The van der Waals surface area contributed by atoms with Crippen molar-refractivity contribution in [1.29, 1.82) is 0 Å². The molecule has 25 heavy (non-hydrogen) atoms. The molecule has 0 spiro atoms. The van der Waals surface area contributed by atoms with Crippen LogP contribution in [0, 0.1) is 0 Å². The van der Waals surface area contributed by atoms with Crippen LogP contribution in [-0.4, -0.2) is 16.8 Å². The average molecular weight is 376 g/mol. The summed E-state index contributed by atoms with van der Waals surface area (Å²) < 4.78 is 11.1.